The topological polar surface area (TPSA) is 53.2 Å². The van der Waals surface area contributed by atoms with Crippen LogP contribution >= 0.6 is 0 Å². The molecule has 1 atom stereocenters. The molecular formula is C17H29NO2. The molecule has 2 rings (SSSR count). The van der Waals surface area contributed by atoms with Crippen LogP contribution in [0.2, 0.25) is 0 Å². The van der Waals surface area contributed by atoms with E-state index in [2.05, 4.69) is 26.8 Å². The summed E-state index contributed by atoms with van der Waals surface area (Å²) in [5.74, 6) is 1.05. The zero-order chi connectivity index (χ0) is 14.8. The first kappa shape index (κ1) is 15.8. The summed E-state index contributed by atoms with van der Waals surface area (Å²) in [6, 6.07) is 2.43. The van der Waals surface area contributed by atoms with Crippen molar-refractivity contribution >= 4 is 0 Å². The maximum Gasteiger partial charge on any atom is 0.0878 e. The summed E-state index contributed by atoms with van der Waals surface area (Å²) in [6.45, 7) is 8.15. The summed E-state index contributed by atoms with van der Waals surface area (Å²) >= 11 is 0. The second kappa shape index (κ2) is 6.03. The molecule has 1 aliphatic carbocycles. The van der Waals surface area contributed by atoms with E-state index in [0.29, 0.717) is 37.4 Å². The number of ether oxygens (including phenoxy) is 1. The normalized spacial score (nSPS) is 32.4. The molecule has 0 bridgehead atoms. The van der Waals surface area contributed by atoms with Crippen molar-refractivity contribution in [2.24, 2.45) is 22.7 Å². The Morgan fingerprint density at radius 3 is 2.15 bits per heavy atom. The number of nitrogens with zero attached hydrogens (tertiary/aromatic N) is 1. The van der Waals surface area contributed by atoms with E-state index in [0.717, 1.165) is 18.8 Å². The van der Waals surface area contributed by atoms with Crippen LogP contribution in [0.4, 0.5) is 0 Å². The highest BCUT2D eigenvalue weighted by molar-refractivity contribution is 5.07. The van der Waals surface area contributed by atoms with Gasteiger partial charge in [-0.2, -0.15) is 5.26 Å². The fourth-order valence-corrected chi connectivity index (χ4v) is 3.96. The lowest BCUT2D eigenvalue weighted by Crippen LogP contribution is -2.45. The van der Waals surface area contributed by atoms with Crippen LogP contribution in [0.3, 0.4) is 0 Å². The third-order valence-electron chi connectivity index (χ3n) is 5.62. The van der Waals surface area contributed by atoms with Gasteiger partial charge in [-0.1, -0.05) is 20.8 Å². The first-order valence-corrected chi connectivity index (χ1v) is 8.06. The number of nitriles is 1. The first-order valence-electron chi connectivity index (χ1n) is 8.06. The second-order valence-corrected chi connectivity index (χ2v) is 7.80. The molecule has 3 heteroatoms. The Morgan fingerprint density at radius 1 is 1.15 bits per heavy atom. The van der Waals surface area contributed by atoms with Gasteiger partial charge in [-0.15, -0.1) is 0 Å². The summed E-state index contributed by atoms with van der Waals surface area (Å²) in [4.78, 5) is 0. The molecular weight excluding hydrogens is 250 g/mol. The lowest BCUT2D eigenvalue weighted by atomic mass is 9.64. The van der Waals surface area contributed by atoms with Crippen LogP contribution in [-0.2, 0) is 4.74 Å². The van der Waals surface area contributed by atoms with Crippen molar-refractivity contribution in [1.29, 1.82) is 5.26 Å². The molecule has 1 saturated heterocycles. The van der Waals surface area contributed by atoms with Crippen LogP contribution in [0, 0.1) is 34.0 Å². The van der Waals surface area contributed by atoms with Crippen LogP contribution in [0.1, 0.15) is 59.3 Å². The zero-order valence-corrected chi connectivity index (χ0v) is 13.2. The van der Waals surface area contributed by atoms with Gasteiger partial charge < -0.3 is 9.84 Å². The molecule has 0 aromatic carbocycles. The molecule has 2 aliphatic rings. The molecule has 2 fully saturated rings. The fraction of sp³-hybridized carbons (Fsp3) is 0.941. The van der Waals surface area contributed by atoms with Gasteiger partial charge >= 0.3 is 0 Å². The lowest BCUT2D eigenvalue weighted by Gasteiger charge is -2.43. The highest BCUT2D eigenvalue weighted by Crippen LogP contribution is 2.45. The molecule has 0 aromatic heterocycles. The summed E-state index contributed by atoms with van der Waals surface area (Å²) < 4.78 is 5.36. The van der Waals surface area contributed by atoms with E-state index < -0.39 is 11.5 Å². The summed E-state index contributed by atoms with van der Waals surface area (Å²) in [5.41, 5.74) is -0.195. The number of hydrogen-bond acceptors (Lipinski definition) is 3. The number of aliphatic hydroxyl groups excluding tert-OH is 1. The average Bonchev–Trinajstić information content (AvgIpc) is 2.46. The second-order valence-electron chi connectivity index (χ2n) is 7.80. The van der Waals surface area contributed by atoms with Gasteiger partial charge in [0.2, 0.25) is 0 Å². The third kappa shape index (κ3) is 3.18. The van der Waals surface area contributed by atoms with E-state index in [1.54, 1.807) is 0 Å². The van der Waals surface area contributed by atoms with Crippen molar-refractivity contribution in [3.05, 3.63) is 0 Å². The minimum atomic E-state index is -0.558. The Labute approximate surface area is 123 Å². The number of aliphatic hydroxyl groups is 1. The smallest absolute Gasteiger partial charge is 0.0878 e. The van der Waals surface area contributed by atoms with Crippen molar-refractivity contribution in [1.82, 2.24) is 0 Å². The van der Waals surface area contributed by atoms with E-state index in [9.17, 15) is 10.4 Å². The van der Waals surface area contributed by atoms with Crippen LogP contribution in [0.5, 0.6) is 0 Å². The summed E-state index contributed by atoms with van der Waals surface area (Å²) in [7, 11) is 0. The number of hydrogen-bond donors (Lipinski definition) is 1. The van der Waals surface area contributed by atoms with Crippen LogP contribution < -0.4 is 0 Å². The van der Waals surface area contributed by atoms with E-state index in [1.165, 1.54) is 12.8 Å². The van der Waals surface area contributed by atoms with Crippen molar-refractivity contribution in [3.63, 3.8) is 0 Å². The predicted octanol–water partition coefficient (Wildman–Crippen LogP) is 3.52. The van der Waals surface area contributed by atoms with E-state index in [4.69, 9.17) is 4.74 Å². The quantitative estimate of drug-likeness (QED) is 0.841. The SMILES string of the molecule is CC(C)(C)C1CCC(C(O)C2(C#N)CCOCC2)CC1. The van der Waals surface area contributed by atoms with Crippen LogP contribution in [0.15, 0.2) is 0 Å². The Morgan fingerprint density at radius 2 is 1.70 bits per heavy atom. The Bertz CT molecular complexity index is 352. The molecule has 114 valence electrons. The van der Waals surface area contributed by atoms with Crippen molar-refractivity contribution < 1.29 is 9.84 Å². The maximum atomic E-state index is 10.8. The molecule has 0 amide bonds. The van der Waals surface area contributed by atoms with Gasteiger partial charge in [0.15, 0.2) is 0 Å². The van der Waals surface area contributed by atoms with Gasteiger partial charge in [0.25, 0.3) is 0 Å². The van der Waals surface area contributed by atoms with Gasteiger partial charge in [0.1, 0.15) is 0 Å². The van der Waals surface area contributed by atoms with Crippen LogP contribution in [-0.4, -0.2) is 24.4 Å². The predicted molar refractivity (Wildman–Crippen MR) is 79.0 cm³/mol. The molecule has 1 saturated carbocycles. The average molecular weight is 279 g/mol. The summed E-state index contributed by atoms with van der Waals surface area (Å²) in [5, 5.41) is 20.3. The van der Waals surface area contributed by atoms with Crippen molar-refractivity contribution in [2.75, 3.05) is 13.2 Å². The standard InChI is InChI=1S/C17H29NO2/c1-16(2,3)14-6-4-13(5-7-14)15(19)17(12-18)8-10-20-11-9-17/h13-15,19H,4-11H2,1-3H3. The molecule has 1 aliphatic heterocycles. The minimum Gasteiger partial charge on any atom is -0.391 e. The van der Waals surface area contributed by atoms with Gasteiger partial charge in [-0.05, 0) is 55.8 Å². The monoisotopic (exact) mass is 279 g/mol. The highest BCUT2D eigenvalue weighted by Gasteiger charge is 2.45. The van der Waals surface area contributed by atoms with Crippen LogP contribution in [0.25, 0.3) is 0 Å². The van der Waals surface area contributed by atoms with E-state index in [1.807, 2.05) is 0 Å². The van der Waals surface area contributed by atoms with Crippen molar-refractivity contribution in [2.45, 2.75) is 65.4 Å². The van der Waals surface area contributed by atoms with Gasteiger partial charge in [0.05, 0.1) is 17.6 Å². The first-order chi connectivity index (χ1) is 9.39. The van der Waals surface area contributed by atoms with Gasteiger partial charge in [-0.3, -0.25) is 0 Å². The molecule has 0 spiro atoms. The van der Waals surface area contributed by atoms with Gasteiger partial charge in [-0.25, -0.2) is 0 Å². The Balaban J connectivity index is 1.97. The van der Waals surface area contributed by atoms with E-state index in [-0.39, 0.29) is 0 Å². The molecule has 3 nitrogen and oxygen atoms in total. The summed E-state index contributed by atoms with van der Waals surface area (Å²) in [6.07, 6.45) is 5.39. The molecule has 1 heterocycles. The molecule has 1 unspecified atom stereocenters. The van der Waals surface area contributed by atoms with Gasteiger partial charge in [0, 0.05) is 13.2 Å². The zero-order valence-electron chi connectivity index (χ0n) is 13.2. The molecule has 0 aromatic rings. The largest absolute Gasteiger partial charge is 0.391 e. The minimum absolute atomic E-state index is 0.298. The fourth-order valence-electron chi connectivity index (χ4n) is 3.96. The Hall–Kier alpha value is -0.590. The maximum absolute atomic E-state index is 10.8. The lowest BCUT2D eigenvalue weighted by molar-refractivity contribution is -0.0664. The number of rotatable bonds is 2. The Kier molecular flexibility index (Phi) is 4.76. The van der Waals surface area contributed by atoms with E-state index >= 15 is 0 Å². The molecule has 20 heavy (non-hydrogen) atoms. The highest BCUT2D eigenvalue weighted by atomic mass is 16.5. The third-order valence-corrected chi connectivity index (χ3v) is 5.62. The molecule has 0 radical (unpaired) electrons. The molecule has 1 N–H and O–H groups in total. The van der Waals surface area contributed by atoms with Crippen molar-refractivity contribution in [3.8, 4) is 6.07 Å².